The highest BCUT2D eigenvalue weighted by molar-refractivity contribution is 5.70. The van der Waals surface area contributed by atoms with Crippen LogP contribution in [-0.2, 0) is 19.0 Å². The van der Waals surface area contributed by atoms with Crippen molar-refractivity contribution in [3.8, 4) is 0 Å². The van der Waals surface area contributed by atoms with Crippen molar-refractivity contribution in [2.24, 2.45) is 16.7 Å². The Labute approximate surface area is 159 Å². The molecule has 7 heteroatoms. The lowest BCUT2D eigenvalue weighted by atomic mass is 9.51. The molecule has 2 aliphatic heterocycles. The zero-order valence-electron chi connectivity index (χ0n) is 16.3. The highest BCUT2D eigenvalue weighted by Gasteiger charge is 2.84. The van der Waals surface area contributed by atoms with E-state index in [4.69, 9.17) is 14.2 Å². The van der Waals surface area contributed by atoms with Crippen LogP contribution in [0.15, 0.2) is 11.6 Å². The van der Waals surface area contributed by atoms with Crippen LogP contribution in [-0.4, -0.2) is 70.6 Å². The quantitative estimate of drug-likeness (QED) is 0.370. The van der Waals surface area contributed by atoms with Crippen molar-refractivity contribution in [2.75, 3.05) is 13.2 Å². The molecule has 0 amide bonds. The Morgan fingerprint density at radius 2 is 2.07 bits per heavy atom. The second-order valence-corrected chi connectivity index (χ2v) is 9.30. The number of aliphatic hydroxyl groups excluding tert-OH is 3. The Morgan fingerprint density at radius 3 is 2.63 bits per heavy atom. The molecule has 2 aliphatic carbocycles. The summed E-state index contributed by atoms with van der Waals surface area (Å²) < 4.78 is 17.7. The first-order valence-corrected chi connectivity index (χ1v) is 9.77. The molecule has 3 fully saturated rings. The van der Waals surface area contributed by atoms with Crippen molar-refractivity contribution in [3.63, 3.8) is 0 Å². The summed E-state index contributed by atoms with van der Waals surface area (Å²) in [6, 6.07) is 0. The Bertz CT molecular complexity index is 669. The van der Waals surface area contributed by atoms with Crippen molar-refractivity contribution in [1.29, 1.82) is 0 Å². The first-order chi connectivity index (χ1) is 12.6. The normalized spacial score (nSPS) is 50.5. The molecular weight excluding hydrogens is 352 g/mol. The summed E-state index contributed by atoms with van der Waals surface area (Å²) in [7, 11) is 0. The minimum Gasteiger partial charge on any atom is -0.458 e. The summed E-state index contributed by atoms with van der Waals surface area (Å²) >= 11 is 0. The number of carbonyl (C=O) groups excluding carboxylic acids is 1. The number of aliphatic hydroxyl groups is 3. The van der Waals surface area contributed by atoms with Crippen LogP contribution in [0.5, 0.6) is 0 Å². The van der Waals surface area contributed by atoms with E-state index in [1.807, 2.05) is 33.8 Å². The van der Waals surface area contributed by atoms with Gasteiger partial charge in [-0.25, -0.2) is 0 Å². The largest absolute Gasteiger partial charge is 0.458 e. The number of hydrogen-bond donors (Lipinski definition) is 3. The van der Waals surface area contributed by atoms with Gasteiger partial charge in [-0.05, 0) is 24.8 Å². The van der Waals surface area contributed by atoms with Crippen molar-refractivity contribution in [2.45, 2.75) is 76.7 Å². The summed E-state index contributed by atoms with van der Waals surface area (Å²) in [5.74, 6) is -0.0883. The number of carbonyl (C=O) groups is 1. The zero-order valence-corrected chi connectivity index (χ0v) is 16.3. The standard InChI is InChI=1S/C20H30O7/c1-10(2)5-14(22)26-12-7-19(8-21)13(6-11(12)3)27-17-15(23)16(24)18(19,4)20(17)9-25-20/h6,10,12-13,15-17,21,23-24H,5,7-9H2,1-4H3/t12-,13+,15+,16+,17+,18+,19+,20+/m0/s1. The fourth-order valence-electron chi connectivity index (χ4n) is 5.72. The summed E-state index contributed by atoms with van der Waals surface area (Å²) in [4.78, 5) is 12.3. The highest BCUT2D eigenvalue weighted by Crippen LogP contribution is 2.71. The third kappa shape index (κ3) is 2.29. The Morgan fingerprint density at radius 1 is 1.41 bits per heavy atom. The van der Waals surface area contributed by atoms with E-state index in [-0.39, 0.29) is 18.5 Å². The summed E-state index contributed by atoms with van der Waals surface area (Å²) in [6.07, 6.45) is -1.29. The van der Waals surface area contributed by atoms with E-state index in [9.17, 15) is 20.1 Å². The molecule has 0 radical (unpaired) electrons. The van der Waals surface area contributed by atoms with E-state index in [1.165, 1.54) is 0 Å². The topological polar surface area (TPSA) is 109 Å². The van der Waals surface area contributed by atoms with E-state index < -0.39 is 47.0 Å². The number of fused-ring (bicyclic) bond motifs is 2. The molecule has 4 aliphatic rings. The molecule has 1 spiro atoms. The molecule has 0 aromatic heterocycles. The third-order valence-corrected chi connectivity index (χ3v) is 7.49. The molecule has 0 aromatic rings. The Kier molecular flexibility index (Phi) is 4.30. The van der Waals surface area contributed by atoms with Gasteiger partial charge >= 0.3 is 5.97 Å². The minimum atomic E-state index is -1.10. The SMILES string of the molecule is CC1=C[C@H]2O[C@@H]3[C@H](O)[C@@H](O)[C@](C)([C@@]2(CO)C[C@@H]1OC(=O)CC(C)C)[C@@]31CO1. The van der Waals surface area contributed by atoms with Crippen LogP contribution in [0.2, 0.25) is 0 Å². The maximum atomic E-state index is 12.3. The lowest BCUT2D eigenvalue weighted by Gasteiger charge is -2.58. The molecule has 2 saturated heterocycles. The molecule has 4 rings (SSSR count). The monoisotopic (exact) mass is 382 g/mol. The van der Waals surface area contributed by atoms with Crippen molar-refractivity contribution in [1.82, 2.24) is 0 Å². The van der Waals surface area contributed by atoms with Gasteiger partial charge in [0.25, 0.3) is 0 Å². The van der Waals surface area contributed by atoms with Crippen LogP contribution in [0, 0.1) is 16.7 Å². The molecule has 2 bridgehead atoms. The second kappa shape index (κ2) is 6.00. The van der Waals surface area contributed by atoms with Gasteiger partial charge in [-0.1, -0.05) is 26.8 Å². The second-order valence-electron chi connectivity index (χ2n) is 9.30. The highest BCUT2D eigenvalue weighted by atomic mass is 16.6. The van der Waals surface area contributed by atoms with E-state index in [1.54, 1.807) is 0 Å². The van der Waals surface area contributed by atoms with Crippen LogP contribution in [0.25, 0.3) is 0 Å². The lowest BCUT2D eigenvalue weighted by molar-refractivity contribution is -0.235. The van der Waals surface area contributed by atoms with Gasteiger partial charge in [0.15, 0.2) is 0 Å². The van der Waals surface area contributed by atoms with Gasteiger partial charge in [0.2, 0.25) is 0 Å². The molecule has 7 nitrogen and oxygen atoms in total. The number of ether oxygens (including phenoxy) is 3. The van der Waals surface area contributed by atoms with Gasteiger partial charge in [0, 0.05) is 17.3 Å². The van der Waals surface area contributed by atoms with Crippen molar-refractivity contribution < 1.29 is 34.3 Å². The van der Waals surface area contributed by atoms with Crippen molar-refractivity contribution in [3.05, 3.63) is 11.6 Å². The van der Waals surface area contributed by atoms with Crippen LogP contribution in [0.1, 0.15) is 40.5 Å². The van der Waals surface area contributed by atoms with Gasteiger partial charge in [0.1, 0.15) is 23.9 Å². The Balaban J connectivity index is 1.71. The average molecular weight is 382 g/mol. The van der Waals surface area contributed by atoms with Gasteiger partial charge < -0.3 is 29.5 Å². The van der Waals surface area contributed by atoms with Gasteiger partial charge in [-0.15, -0.1) is 0 Å². The predicted molar refractivity (Wildman–Crippen MR) is 94.7 cm³/mol. The fourth-order valence-corrected chi connectivity index (χ4v) is 5.72. The number of rotatable bonds is 4. The van der Waals surface area contributed by atoms with Crippen LogP contribution >= 0.6 is 0 Å². The predicted octanol–water partition coefficient (Wildman–Crippen LogP) is 0.551. The molecule has 27 heavy (non-hydrogen) atoms. The first kappa shape index (κ1) is 19.3. The maximum Gasteiger partial charge on any atom is 0.306 e. The molecule has 8 atom stereocenters. The van der Waals surface area contributed by atoms with Gasteiger partial charge in [-0.2, -0.15) is 0 Å². The van der Waals surface area contributed by atoms with Gasteiger partial charge in [0.05, 0.1) is 25.4 Å². The molecule has 0 unspecified atom stereocenters. The van der Waals surface area contributed by atoms with Crippen LogP contribution in [0.4, 0.5) is 0 Å². The number of epoxide rings is 1. The fraction of sp³-hybridized carbons (Fsp3) is 0.850. The summed E-state index contributed by atoms with van der Waals surface area (Å²) in [5.41, 5.74) is -1.78. The molecular formula is C20H30O7. The smallest absolute Gasteiger partial charge is 0.306 e. The lowest BCUT2D eigenvalue weighted by Crippen LogP contribution is -2.67. The third-order valence-electron chi connectivity index (χ3n) is 7.49. The van der Waals surface area contributed by atoms with Gasteiger partial charge in [-0.3, -0.25) is 4.79 Å². The molecule has 3 N–H and O–H groups in total. The van der Waals surface area contributed by atoms with E-state index in [0.29, 0.717) is 19.4 Å². The molecule has 1 saturated carbocycles. The minimum absolute atomic E-state index is 0.191. The summed E-state index contributed by atoms with van der Waals surface area (Å²) in [5, 5.41) is 32.1. The summed E-state index contributed by atoms with van der Waals surface area (Å²) in [6.45, 7) is 7.76. The Hall–Kier alpha value is -0.990. The average Bonchev–Trinajstić information content (AvgIpc) is 3.38. The van der Waals surface area contributed by atoms with E-state index in [2.05, 4.69) is 0 Å². The molecule has 152 valence electrons. The van der Waals surface area contributed by atoms with E-state index >= 15 is 0 Å². The molecule has 2 heterocycles. The van der Waals surface area contributed by atoms with E-state index in [0.717, 1.165) is 5.57 Å². The zero-order chi connectivity index (χ0) is 19.8. The number of hydrogen-bond acceptors (Lipinski definition) is 7. The maximum absolute atomic E-state index is 12.3. The van der Waals surface area contributed by atoms with Crippen LogP contribution < -0.4 is 0 Å². The molecule has 0 aromatic carbocycles. The van der Waals surface area contributed by atoms with Crippen molar-refractivity contribution >= 4 is 5.97 Å². The van der Waals surface area contributed by atoms with Crippen LogP contribution in [0.3, 0.4) is 0 Å². The number of esters is 1. The first-order valence-electron chi connectivity index (χ1n) is 9.77.